The smallest absolute Gasteiger partial charge is 0.286 e. The van der Waals surface area contributed by atoms with Crippen molar-refractivity contribution in [2.24, 2.45) is 0 Å². The van der Waals surface area contributed by atoms with Gasteiger partial charge in [0.15, 0.2) is 0 Å². The van der Waals surface area contributed by atoms with E-state index in [2.05, 4.69) is 10.6 Å². The maximum atomic E-state index is 11.4. The normalized spacial score (nSPS) is 18.5. The predicted octanol–water partition coefficient (Wildman–Crippen LogP) is 1.18. The fraction of sp³-hybridized carbons (Fsp3) is 0.385. The number of rotatable bonds is 6. The number of thioether (sulfide) groups is 1. The lowest BCUT2D eigenvalue weighted by Gasteiger charge is -2.08. The Morgan fingerprint density at radius 1 is 1.32 bits per heavy atom. The Labute approximate surface area is 116 Å². The molecule has 1 aliphatic heterocycles. The first-order valence-corrected chi connectivity index (χ1v) is 6.95. The molecule has 0 radical (unpaired) electrons. The number of nitrogens with one attached hydrogen (secondary N) is 2. The van der Waals surface area contributed by atoms with Gasteiger partial charge in [0.05, 0.1) is 5.25 Å². The summed E-state index contributed by atoms with van der Waals surface area (Å²) in [6.07, 6.45) is 0.555. The van der Waals surface area contributed by atoms with E-state index in [-0.39, 0.29) is 16.4 Å². The summed E-state index contributed by atoms with van der Waals surface area (Å²) in [5.74, 6) is 0.600. The van der Waals surface area contributed by atoms with Crippen molar-refractivity contribution in [3.05, 3.63) is 29.8 Å². The van der Waals surface area contributed by atoms with Crippen LogP contribution in [0, 0.1) is 0 Å². The summed E-state index contributed by atoms with van der Waals surface area (Å²) in [4.78, 5) is 22.5. The highest BCUT2D eigenvalue weighted by atomic mass is 32.2. The Balaban J connectivity index is 1.88. The number of carbonyl (C=O) groups excluding carboxylic acids is 2. The SMILES string of the molecule is CNCCOc1ccc(C[C@@H]2SC(=O)NC2=O)cc1. The molecule has 0 bridgehead atoms. The number of benzene rings is 1. The average Bonchev–Trinajstić information content (AvgIpc) is 2.70. The zero-order valence-corrected chi connectivity index (χ0v) is 11.5. The first kappa shape index (κ1) is 13.9. The lowest BCUT2D eigenvalue weighted by molar-refractivity contribution is -0.118. The van der Waals surface area contributed by atoms with Crippen LogP contribution in [0.25, 0.3) is 0 Å². The molecule has 1 aromatic rings. The van der Waals surface area contributed by atoms with Crippen LogP contribution < -0.4 is 15.4 Å². The number of hydrogen-bond acceptors (Lipinski definition) is 5. The monoisotopic (exact) mass is 280 g/mol. The van der Waals surface area contributed by atoms with Crippen LogP contribution in [0.4, 0.5) is 4.79 Å². The van der Waals surface area contributed by atoms with Gasteiger partial charge in [-0.2, -0.15) is 0 Å². The van der Waals surface area contributed by atoms with E-state index in [0.717, 1.165) is 29.6 Å². The van der Waals surface area contributed by atoms with E-state index in [9.17, 15) is 9.59 Å². The highest BCUT2D eigenvalue weighted by molar-refractivity contribution is 8.15. The van der Waals surface area contributed by atoms with E-state index in [4.69, 9.17) is 4.74 Å². The molecule has 0 unspecified atom stereocenters. The van der Waals surface area contributed by atoms with Gasteiger partial charge in [0.25, 0.3) is 5.24 Å². The first-order chi connectivity index (χ1) is 9.19. The number of likely N-dealkylation sites (N-methyl/N-ethyl adjacent to an activating group) is 1. The van der Waals surface area contributed by atoms with Gasteiger partial charge in [-0.3, -0.25) is 14.9 Å². The second-order valence-electron chi connectivity index (χ2n) is 4.18. The molecule has 1 saturated heterocycles. The second kappa shape index (κ2) is 6.58. The summed E-state index contributed by atoms with van der Waals surface area (Å²) in [5, 5.41) is 4.71. The van der Waals surface area contributed by atoms with Crippen molar-refractivity contribution in [3.8, 4) is 5.75 Å². The van der Waals surface area contributed by atoms with Crippen molar-refractivity contribution < 1.29 is 14.3 Å². The van der Waals surface area contributed by atoms with Crippen molar-refractivity contribution in [2.45, 2.75) is 11.7 Å². The molecule has 5 nitrogen and oxygen atoms in total. The van der Waals surface area contributed by atoms with Crippen LogP contribution in [0.15, 0.2) is 24.3 Å². The van der Waals surface area contributed by atoms with Crippen LogP contribution in [-0.4, -0.2) is 36.6 Å². The predicted molar refractivity (Wildman–Crippen MR) is 74.5 cm³/mol. The third-order valence-electron chi connectivity index (χ3n) is 2.73. The van der Waals surface area contributed by atoms with Gasteiger partial charge in [-0.25, -0.2) is 0 Å². The number of hydrogen-bond donors (Lipinski definition) is 2. The number of ether oxygens (including phenoxy) is 1. The van der Waals surface area contributed by atoms with E-state index in [1.54, 1.807) is 0 Å². The third kappa shape index (κ3) is 3.97. The summed E-state index contributed by atoms with van der Waals surface area (Å²) in [5.41, 5.74) is 1.02. The molecule has 2 amide bonds. The minimum Gasteiger partial charge on any atom is -0.492 e. The van der Waals surface area contributed by atoms with E-state index < -0.39 is 0 Å². The maximum Gasteiger partial charge on any atom is 0.286 e. The zero-order valence-electron chi connectivity index (χ0n) is 10.6. The fourth-order valence-electron chi connectivity index (χ4n) is 1.73. The van der Waals surface area contributed by atoms with Crippen LogP contribution in [0.3, 0.4) is 0 Å². The summed E-state index contributed by atoms with van der Waals surface area (Å²) in [6.45, 7) is 1.41. The molecule has 1 atom stereocenters. The standard InChI is InChI=1S/C13H16N2O3S/c1-14-6-7-18-10-4-2-9(3-5-10)8-11-12(16)15-13(17)19-11/h2-5,11,14H,6-8H2,1H3,(H,15,16,17)/t11-/m0/s1. The zero-order chi connectivity index (χ0) is 13.7. The molecular formula is C13H16N2O3S. The Hall–Kier alpha value is -1.53. The quantitative estimate of drug-likeness (QED) is 0.766. The van der Waals surface area contributed by atoms with Crippen molar-refractivity contribution >= 4 is 22.9 Å². The van der Waals surface area contributed by atoms with Crippen LogP contribution in [0.1, 0.15) is 5.56 Å². The maximum absolute atomic E-state index is 11.4. The summed E-state index contributed by atoms with van der Waals surface area (Å²) >= 11 is 1.05. The topological polar surface area (TPSA) is 67.4 Å². The summed E-state index contributed by atoms with van der Waals surface area (Å²) in [7, 11) is 1.87. The molecular weight excluding hydrogens is 264 g/mol. The van der Waals surface area contributed by atoms with Gasteiger partial charge in [0.2, 0.25) is 5.91 Å². The number of imide groups is 1. The van der Waals surface area contributed by atoms with Crippen LogP contribution >= 0.6 is 11.8 Å². The molecule has 1 fully saturated rings. The lowest BCUT2D eigenvalue weighted by atomic mass is 10.1. The molecule has 2 N–H and O–H groups in total. The van der Waals surface area contributed by atoms with Crippen LogP contribution in [0.5, 0.6) is 5.75 Å². The molecule has 102 valence electrons. The average molecular weight is 280 g/mol. The van der Waals surface area contributed by atoms with Crippen molar-refractivity contribution in [1.82, 2.24) is 10.6 Å². The van der Waals surface area contributed by atoms with Crippen LogP contribution in [-0.2, 0) is 11.2 Å². The largest absolute Gasteiger partial charge is 0.492 e. The molecule has 1 aromatic carbocycles. The van der Waals surface area contributed by atoms with Gasteiger partial charge in [0.1, 0.15) is 12.4 Å². The van der Waals surface area contributed by atoms with Crippen LogP contribution in [0.2, 0.25) is 0 Å². The van der Waals surface area contributed by atoms with Gasteiger partial charge in [-0.15, -0.1) is 0 Å². The molecule has 1 heterocycles. The van der Waals surface area contributed by atoms with Crippen molar-refractivity contribution in [1.29, 1.82) is 0 Å². The van der Waals surface area contributed by atoms with Gasteiger partial charge in [-0.1, -0.05) is 23.9 Å². The summed E-state index contributed by atoms with van der Waals surface area (Å²) in [6, 6.07) is 7.60. The molecule has 6 heteroatoms. The third-order valence-corrected chi connectivity index (χ3v) is 3.71. The first-order valence-electron chi connectivity index (χ1n) is 6.07. The Kier molecular flexibility index (Phi) is 4.81. The molecule has 0 saturated carbocycles. The van der Waals surface area contributed by atoms with E-state index >= 15 is 0 Å². The molecule has 19 heavy (non-hydrogen) atoms. The number of amides is 2. The van der Waals surface area contributed by atoms with Gasteiger partial charge in [0, 0.05) is 6.54 Å². The highest BCUT2D eigenvalue weighted by Crippen LogP contribution is 2.23. The summed E-state index contributed by atoms with van der Waals surface area (Å²) < 4.78 is 5.51. The number of carbonyl (C=O) groups is 2. The van der Waals surface area contributed by atoms with Gasteiger partial charge in [-0.05, 0) is 31.2 Å². The van der Waals surface area contributed by atoms with Crippen molar-refractivity contribution in [3.63, 3.8) is 0 Å². The van der Waals surface area contributed by atoms with Gasteiger partial charge >= 0.3 is 0 Å². The minimum atomic E-state index is -0.316. The Morgan fingerprint density at radius 2 is 2.05 bits per heavy atom. The second-order valence-corrected chi connectivity index (χ2v) is 5.36. The molecule has 2 rings (SSSR count). The van der Waals surface area contributed by atoms with E-state index in [1.165, 1.54) is 0 Å². The molecule has 1 aliphatic rings. The lowest BCUT2D eigenvalue weighted by Crippen LogP contribution is -2.25. The minimum absolute atomic E-state index is 0.204. The molecule has 0 spiro atoms. The molecule has 0 aromatic heterocycles. The van der Waals surface area contributed by atoms with E-state index in [0.29, 0.717) is 13.0 Å². The Bertz CT molecular complexity index is 461. The molecule has 0 aliphatic carbocycles. The highest BCUT2D eigenvalue weighted by Gasteiger charge is 2.31. The fourth-order valence-corrected chi connectivity index (χ4v) is 2.59. The van der Waals surface area contributed by atoms with Crippen molar-refractivity contribution in [2.75, 3.05) is 20.2 Å². The van der Waals surface area contributed by atoms with Gasteiger partial charge < -0.3 is 10.1 Å². The Morgan fingerprint density at radius 3 is 2.63 bits per heavy atom. The van der Waals surface area contributed by atoms with E-state index in [1.807, 2.05) is 31.3 Å².